The van der Waals surface area contributed by atoms with Gasteiger partial charge in [-0.25, -0.2) is 0 Å². The Morgan fingerprint density at radius 3 is 1.94 bits per heavy atom. The van der Waals surface area contributed by atoms with Crippen LogP contribution in [0.1, 0.15) is 37.0 Å². The van der Waals surface area contributed by atoms with Gasteiger partial charge in [0.25, 0.3) is 0 Å². The van der Waals surface area contributed by atoms with Gasteiger partial charge in [-0.2, -0.15) is 0 Å². The molecular weight excluding hydrogens is 331 g/mol. The number of carbonyl (C=O) groups excluding carboxylic acids is 1. The molecule has 0 fully saturated rings. The Hall–Kier alpha value is -0.780. The summed E-state index contributed by atoms with van der Waals surface area (Å²) in [5, 5.41) is 0. The number of carbonyl (C=O) groups is 1. The van der Waals surface area contributed by atoms with Crippen LogP contribution in [0.2, 0.25) is 0 Å². The molecule has 0 bridgehead atoms. The second kappa shape index (κ2) is 7.53. The zero-order chi connectivity index (χ0) is 12.7. The number of hydrogen-bond acceptors (Lipinski definition) is 3. The molecule has 0 saturated carbocycles. The normalized spacial score (nSPS) is 10.1. The topological polar surface area (TPSA) is 35.5 Å². The van der Waals surface area contributed by atoms with Crippen LogP contribution in [0.4, 0.5) is 0 Å². The van der Waals surface area contributed by atoms with E-state index in [0.717, 1.165) is 12.8 Å². The molecule has 0 aliphatic carbocycles. The quantitative estimate of drug-likeness (QED) is 0.555. The van der Waals surface area contributed by atoms with Gasteiger partial charge in [0.1, 0.15) is 17.1 Å². The van der Waals surface area contributed by atoms with Gasteiger partial charge in [0, 0.05) is 22.6 Å². The van der Waals surface area contributed by atoms with E-state index in [1.54, 1.807) is 34.7 Å². The molecule has 0 aromatic heterocycles. The largest absolute Gasteiger partial charge is 0.493 e. The lowest BCUT2D eigenvalue weighted by Gasteiger charge is -2.13. The summed E-state index contributed by atoms with van der Waals surface area (Å²) in [6.07, 6.45) is 1.82. The maximum Gasteiger partial charge on any atom is 0.229 e. The second-order valence-corrected chi connectivity index (χ2v) is 4.58. The van der Waals surface area contributed by atoms with Gasteiger partial charge in [0.2, 0.25) is 3.79 Å². The van der Waals surface area contributed by atoms with Crippen molar-refractivity contribution < 1.29 is 14.3 Å². The van der Waals surface area contributed by atoms with Crippen LogP contribution in [0, 0.1) is 0 Å². The van der Waals surface area contributed by atoms with Crippen molar-refractivity contribution in [1.82, 2.24) is 0 Å². The highest BCUT2D eigenvalue weighted by molar-refractivity contribution is 14.1. The minimum Gasteiger partial charge on any atom is -0.493 e. The van der Waals surface area contributed by atoms with Crippen LogP contribution in [0.3, 0.4) is 0 Å². The highest BCUT2D eigenvalue weighted by atomic mass is 127. The van der Waals surface area contributed by atoms with Gasteiger partial charge >= 0.3 is 0 Å². The molecule has 1 rings (SSSR count). The van der Waals surface area contributed by atoms with E-state index in [4.69, 9.17) is 9.47 Å². The summed E-state index contributed by atoms with van der Waals surface area (Å²) >= 11 is 1.76. The van der Waals surface area contributed by atoms with E-state index in [0.29, 0.717) is 30.3 Å². The molecule has 0 spiro atoms. The summed E-state index contributed by atoms with van der Waals surface area (Å²) in [6.45, 7) is 5.27. The molecule has 0 unspecified atom stereocenters. The van der Waals surface area contributed by atoms with Gasteiger partial charge in [-0.15, -0.1) is 0 Å². The highest BCUT2D eigenvalue weighted by Gasteiger charge is 2.16. The van der Waals surface area contributed by atoms with Gasteiger partial charge in [0.05, 0.1) is 13.2 Å². The molecule has 1 aromatic carbocycles. The van der Waals surface area contributed by atoms with Gasteiger partial charge in [-0.05, 0) is 25.0 Å². The van der Waals surface area contributed by atoms with E-state index in [9.17, 15) is 4.79 Å². The first-order chi connectivity index (χ1) is 8.20. The van der Waals surface area contributed by atoms with Crippen molar-refractivity contribution >= 4 is 26.4 Å². The fourth-order valence-electron chi connectivity index (χ4n) is 1.37. The molecule has 0 heterocycles. The average Bonchev–Trinajstić information content (AvgIpc) is 2.33. The Morgan fingerprint density at radius 2 is 1.59 bits per heavy atom. The first-order valence-corrected chi connectivity index (χ1v) is 6.87. The summed E-state index contributed by atoms with van der Waals surface area (Å²) in [6, 6.07) is 5.46. The minimum absolute atomic E-state index is 0.0552. The molecule has 0 saturated heterocycles. The van der Waals surface area contributed by atoms with Crippen LogP contribution >= 0.6 is 22.6 Å². The van der Waals surface area contributed by atoms with Gasteiger partial charge in [0.15, 0.2) is 0 Å². The maximum absolute atomic E-state index is 11.6. The lowest BCUT2D eigenvalue weighted by atomic mass is 10.2. The maximum atomic E-state index is 11.6. The van der Waals surface area contributed by atoms with E-state index in [2.05, 4.69) is 0 Å². The van der Waals surface area contributed by atoms with Crippen molar-refractivity contribution in [1.29, 1.82) is 0 Å². The smallest absolute Gasteiger partial charge is 0.229 e. The fraction of sp³-hybridized carbons (Fsp3) is 0.462. The number of benzene rings is 1. The van der Waals surface area contributed by atoms with E-state index in [-0.39, 0.29) is 3.79 Å². The Bertz CT molecular complexity index is 351. The third-order valence-corrected chi connectivity index (χ3v) is 2.65. The summed E-state index contributed by atoms with van der Waals surface area (Å²) in [5.41, 5.74) is 0.537. The zero-order valence-electron chi connectivity index (χ0n) is 10.2. The van der Waals surface area contributed by atoms with E-state index >= 15 is 0 Å². The van der Waals surface area contributed by atoms with Crippen molar-refractivity contribution in [2.45, 2.75) is 26.7 Å². The molecule has 17 heavy (non-hydrogen) atoms. The van der Waals surface area contributed by atoms with Crippen molar-refractivity contribution in [3.05, 3.63) is 23.8 Å². The van der Waals surface area contributed by atoms with Crippen LogP contribution in [0.5, 0.6) is 11.5 Å². The highest BCUT2D eigenvalue weighted by Crippen LogP contribution is 2.31. The van der Waals surface area contributed by atoms with Crippen molar-refractivity contribution in [3.63, 3.8) is 0 Å². The van der Waals surface area contributed by atoms with E-state index in [1.807, 2.05) is 19.9 Å². The Morgan fingerprint density at radius 1 is 1.12 bits per heavy atom. The Balaban J connectivity index is 2.99. The van der Waals surface area contributed by atoms with Crippen molar-refractivity contribution in [2.75, 3.05) is 13.2 Å². The molecule has 0 N–H and O–H groups in total. The second-order valence-electron chi connectivity index (χ2n) is 3.60. The van der Waals surface area contributed by atoms with E-state index in [1.165, 1.54) is 0 Å². The number of hydrogen-bond donors (Lipinski definition) is 0. The molecule has 94 valence electrons. The predicted molar refractivity (Wildman–Crippen MR) is 76.4 cm³/mol. The fourth-order valence-corrected chi connectivity index (χ4v) is 1.90. The Kier molecular flexibility index (Phi) is 6.32. The van der Waals surface area contributed by atoms with Gasteiger partial charge in [-0.1, -0.05) is 19.9 Å². The summed E-state index contributed by atoms with van der Waals surface area (Å²) in [5.74, 6) is 1.22. The molecule has 4 heteroatoms. The van der Waals surface area contributed by atoms with Crippen molar-refractivity contribution in [2.24, 2.45) is 0 Å². The lowest BCUT2D eigenvalue weighted by Crippen LogP contribution is -2.05. The summed E-state index contributed by atoms with van der Waals surface area (Å²) < 4.78 is 11.1. The van der Waals surface area contributed by atoms with Crippen LogP contribution in [0.25, 0.3) is 0 Å². The SMILES string of the molecule is CCCOc1cccc(OCCC)c1C(=O)I. The molecule has 0 aliphatic heterocycles. The third kappa shape index (κ3) is 4.18. The average molecular weight is 348 g/mol. The molecular formula is C13H17IO3. The number of ether oxygens (including phenoxy) is 2. The minimum atomic E-state index is -0.0552. The summed E-state index contributed by atoms with van der Waals surface area (Å²) in [7, 11) is 0. The number of rotatable bonds is 7. The first-order valence-electron chi connectivity index (χ1n) is 5.79. The molecule has 0 atom stereocenters. The Labute approximate surface area is 116 Å². The molecule has 0 aliphatic rings. The number of halogens is 1. The first kappa shape index (κ1) is 14.3. The van der Waals surface area contributed by atoms with Crippen LogP contribution < -0.4 is 9.47 Å². The van der Waals surface area contributed by atoms with Crippen LogP contribution in [0.15, 0.2) is 18.2 Å². The predicted octanol–water partition coefficient (Wildman–Crippen LogP) is 3.84. The van der Waals surface area contributed by atoms with Crippen LogP contribution in [-0.4, -0.2) is 17.0 Å². The molecule has 3 nitrogen and oxygen atoms in total. The van der Waals surface area contributed by atoms with Gasteiger partial charge in [-0.3, -0.25) is 4.79 Å². The van der Waals surface area contributed by atoms with Crippen molar-refractivity contribution in [3.8, 4) is 11.5 Å². The molecule has 0 radical (unpaired) electrons. The zero-order valence-corrected chi connectivity index (χ0v) is 12.3. The summed E-state index contributed by atoms with van der Waals surface area (Å²) in [4.78, 5) is 11.6. The molecule has 1 aromatic rings. The van der Waals surface area contributed by atoms with E-state index < -0.39 is 0 Å². The standard InChI is InChI=1S/C13H17IO3/c1-3-8-16-10-6-5-7-11(17-9-4-2)12(10)13(14)15/h5-7H,3-4,8-9H2,1-2H3. The van der Waals surface area contributed by atoms with Gasteiger partial charge < -0.3 is 9.47 Å². The monoisotopic (exact) mass is 348 g/mol. The lowest BCUT2D eigenvalue weighted by molar-refractivity contribution is 0.109. The molecule has 0 amide bonds. The van der Waals surface area contributed by atoms with Crippen LogP contribution in [-0.2, 0) is 0 Å². The third-order valence-electron chi connectivity index (χ3n) is 2.11.